The van der Waals surface area contributed by atoms with Crippen molar-refractivity contribution in [2.75, 3.05) is 26.3 Å². The molecule has 0 saturated carbocycles. The molecule has 2 heterocycles. The number of carbonyl (C=O) groups is 1. The molecular weight excluding hydrogens is 208 g/mol. The highest BCUT2D eigenvalue weighted by Gasteiger charge is 2.37. The van der Waals surface area contributed by atoms with Crippen LogP contribution in [0.3, 0.4) is 0 Å². The molecule has 0 aromatic carbocycles. The van der Waals surface area contributed by atoms with Crippen molar-refractivity contribution < 1.29 is 14.6 Å². The summed E-state index contributed by atoms with van der Waals surface area (Å²) < 4.78 is 5.67. The number of morpholine rings is 1. The molecular formula is C11H20N2O3. The van der Waals surface area contributed by atoms with Crippen molar-refractivity contribution in [1.29, 1.82) is 0 Å². The fourth-order valence-corrected chi connectivity index (χ4v) is 2.65. The van der Waals surface area contributed by atoms with Crippen molar-refractivity contribution >= 4 is 5.91 Å². The number of carbonyl (C=O) groups excluding carboxylic acids is 1. The first-order valence-corrected chi connectivity index (χ1v) is 5.92. The smallest absolute Gasteiger partial charge is 0.217 e. The van der Waals surface area contributed by atoms with Gasteiger partial charge in [-0.05, 0) is 12.8 Å². The summed E-state index contributed by atoms with van der Waals surface area (Å²) in [6.07, 6.45) is 1.83. The lowest BCUT2D eigenvalue weighted by Gasteiger charge is -2.34. The van der Waals surface area contributed by atoms with E-state index in [1.165, 1.54) is 0 Å². The highest BCUT2D eigenvalue weighted by molar-refractivity contribution is 5.73. The highest BCUT2D eigenvalue weighted by Crippen LogP contribution is 2.24. The zero-order valence-corrected chi connectivity index (χ0v) is 9.69. The average Bonchev–Trinajstić information content (AvgIpc) is 2.58. The summed E-state index contributed by atoms with van der Waals surface area (Å²) in [4.78, 5) is 13.3. The van der Waals surface area contributed by atoms with E-state index in [2.05, 4.69) is 10.2 Å². The number of nitrogens with zero attached hydrogens (tertiary/aromatic N) is 1. The van der Waals surface area contributed by atoms with Gasteiger partial charge >= 0.3 is 0 Å². The first kappa shape index (κ1) is 11.8. The summed E-state index contributed by atoms with van der Waals surface area (Å²) in [5, 5.41) is 11.8. The van der Waals surface area contributed by atoms with E-state index in [4.69, 9.17) is 9.84 Å². The summed E-state index contributed by atoms with van der Waals surface area (Å²) >= 11 is 0. The van der Waals surface area contributed by atoms with E-state index < -0.39 is 0 Å². The molecule has 16 heavy (non-hydrogen) atoms. The van der Waals surface area contributed by atoms with Gasteiger partial charge in [0.2, 0.25) is 5.91 Å². The molecule has 2 saturated heterocycles. The Morgan fingerprint density at radius 2 is 2.38 bits per heavy atom. The van der Waals surface area contributed by atoms with E-state index in [0.29, 0.717) is 12.5 Å². The first-order valence-electron chi connectivity index (χ1n) is 5.92. The van der Waals surface area contributed by atoms with Gasteiger partial charge < -0.3 is 15.2 Å². The number of fused-ring (bicyclic) bond motifs is 1. The highest BCUT2D eigenvalue weighted by atomic mass is 16.5. The zero-order chi connectivity index (χ0) is 11.5. The Kier molecular flexibility index (Phi) is 3.78. The Bertz CT molecular complexity index is 260. The van der Waals surface area contributed by atoms with Gasteiger partial charge in [0.15, 0.2) is 0 Å². The van der Waals surface area contributed by atoms with Gasteiger partial charge in [-0.15, -0.1) is 0 Å². The number of ether oxygens (including phenoxy) is 1. The Morgan fingerprint density at radius 1 is 1.56 bits per heavy atom. The van der Waals surface area contributed by atoms with Crippen LogP contribution in [0.25, 0.3) is 0 Å². The molecule has 2 fully saturated rings. The zero-order valence-electron chi connectivity index (χ0n) is 9.69. The number of hydrogen-bond acceptors (Lipinski definition) is 4. The molecule has 2 N–H and O–H groups in total. The molecule has 0 aromatic rings. The van der Waals surface area contributed by atoms with Crippen molar-refractivity contribution in [2.45, 2.75) is 38.0 Å². The van der Waals surface area contributed by atoms with Crippen LogP contribution in [-0.2, 0) is 9.53 Å². The average molecular weight is 228 g/mol. The number of aliphatic hydroxyl groups is 1. The van der Waals surface area contributed by atoms with E-state index in [-0.39, 0.29) is 24.7 Å². The van der Waals surface area contributed by atoms with Gasteiger partial charge in [-0.2, -0.15) is 0 Å². The number of nitrogens with one attached hydrogen (secondary N) is 1. The van der Waals surface area contributed by atoms with Crippen LogP contribution in [0, 0.1) is 0 Å². The van der Waals surface area contributed by atoms with Crippen LogP contribution in [0.15, 0.2) is 0 Å². The Morgan fingerprint density at radius 3 is 3.06 bits per heavy atom. The van der Waals surface area contributed by atoms with Gasteiger partial charge in [0, 0.05) is 38.7 Å². The molecule has 1 amide bonds. The van der Waals surface area contributed by atoms with E-state index in [0.717, 1.165) is 26.1 Å². The first-order chi connectivity index (χ1) is 7.69. The predicted octanol–water partition coefficient (Wildman–Crippen LogP) is -0.653. The molecule has 0 radical (unpaired) electrons. The van der Waals surface area contributed by atoms with E-state index in [1.54, 1.807) is 6.92 Å². The lowest BCUT2D eigenvalue weighted by molar-refractivity contribution is -0.119. The normalized spacial score (nSPS) is 34.8. The quantitative estimate of drug-likeness (QED) is 0.673. The third-order valence-corrected chi connectivity index (χ3v) is 3.35. The minimum Gasteiger partial charge on any atom is -0.396 e. The maximum Gasteiger partial charge on any atom is 0.217 e. The van der Waals surface area contributed by atoms with Crippen molar-refractivity contribution in [3.05, 3.63) is 0 Å². The third kappa shape index (κ3) is 2.72. The molecule has 0 unspecified atom stereocenters. The third-order valence-electron chi connectivity index (χ3n) is 3.35. The van der Waals surface area contributed by atoms with Crippen LogP contribution in [-0.4, -0.2) is 60.4 Å². The van der Waals surface area contributed by atoms with Crippen molar-refractivity contribution in [3.63, 3.8) is 0 Å². The Hall–Kier alpha value is -0.650. The van der Waals surface area contributed by atoms with E-state index >= 15 is 0 Å². The molecule has 2 aliphatic heterocycles. The number of rotatable bonds is 3. The van der Waals surface area contributed by atoms with Gasteiger partial charge in [0.1, 0.15) is 0 Å². The van der Waals surface area contributed by atoms with Gasteiger partial charge in [-0.25, -0.2) is 0 Å². The van der Waals surface area contributed by atoms with E-state index in [9.17, 15) is 4.79 Å². The van der Waals surface area contributed by atoms with Crippen LogP contribution >= 0.6 is 0 Å². The Balaban J connectivity index is 1.83. The lowest BCUT2D eigenvalue weighted by atomic mass is 10.1. The molecule has 0 bridgehead atoms. The molecule has 3 atom stereocenters. The molecule has 0 aliphatic carbocycles. The van der Waals surface area contributed by atoms with Gasteiger partial charge in [0.05, 0.1) is 12.7 Å². The fraction of sp³-hybridized carbons (Fsp3) is 0.909. The summed E-state index contributed by atoms with van der Waals surface area (Å²) in [7, 11) is 0. The minimum atomic E-state index is 0.0395. The topological polar surface area (TPSA) is 61.8 Å². The molecule has 0 aromatic heterocycles. The second-order valence-corrected chi connectivity index (χ2v) is 4.71. The summed E-state index contributed by atoms with van der Waals surface area (Å²) in [5.41, 5.74) is 0. The lowest BCUT2D eigenvalue weighted by Crippen LogP contribution is -2.46. The summed E-state index contributed by atoms with van der Waals surface area (Å²) in [5.74, 6) is 0.0395. The fourth-order valence-electron chi connectivity index (χ4n) is 2.65. The Labute approximate surface area is 95.8 Å². The maximum atomic E-state index is 11.0. The molecule has 5 nitrogen and oxygen atoms in total. The molecule has 2 rings (SSSR count). The predicted molar refractivity (Wildman–Crippen MR) is 59.0 cm³/mol. The van der Waals surface area contributed by atoms with Crippen LogP contribution < -0.4 is 5.32 Å². The summed E-state index contributed by atoms with van der Waals surface area (Å²) in [6, 6.07) is 0.700. The van der Waals surface area contributed by atoms with Crippen molar-refractivity contribution in [2.24, 2.45) is 0 Å². The van der Waals surface area contributed by atoms with Gasteiger partial charge in [0.25, 0.3) is 0 Å². The molecule has 0 spiro atoms. The number of amides is 1. The largest absolute Gasteiger partial charge is 0.396 e. The van der Waals surface area contributed by atoms with Crippen LogP contribution in [0.2, 0.25) is 0 Å². The molecule has 92 valence electrons. The van der Waals surface area contributed by atoms with Crippen molar-refractivity contribution in [3.8, 4) is 0 Å². The van der Waals surface area contributed by atoms with Crippen LogP contribution in [0.4, 0.5) is 0 Å². The van der Waals surface area contributed by atoms with Crippen LogP contribution in [0.1, 0.15) is 19.8 Å². The molecule has 5 heteroatoms. The number of aliphatic hydroxyl groups excluding tert-OH is 1. The standard InChI is InChI=1S/C11H20N2O3/c1-8(15)12-9-4-10-7-16-11(2-3-14)6-13(10)5-9/h9-11,14H,2-7H2,1H3,(H,12,15)/t9-,10-,11-/m0/s1. The minimum absolute atomic E-state index is 0.0395. The second-order valence-electron chi connectivity index (χ2n) is 4.71. The molecule has 2 aliphatic rings. The van der Waals surface area contributed by atoms with Gasteiger partial charge in [-0.1, -0.05) is 0 Å². The SMILES string of the molecule is CC(=O)N[C@H]1C[C@H]2CO[C@@H](CCO)CN2C1. The number of hydrogen-bond donors (Lipinski definition) is 2. The van der Waals surface area contributed by atoms with Crippen molar-refractivity contribution in [1.82, 2.24) is 10.2 Å². The maximum absolute atomic E-state index is 11.0. The summed E-state index contributed by atoms with van der Waals surface area (Å²) in [6.45, 7) is 4.25. The second kappa shape index (κ2) is 5.12. The van der Waals surface area contributed by atoms with Crippen LogP contribution in [0.5, 0.6) is 0 Å². The van der Waals surface area contributed by atoms with E-state index in [1.807, 2.05) is 0 Å². The van der Waals surface area contributed by atoms with Gasteiger partial charge in [-0.3, -0.25) is 9.69 Å². The monoisotopic (exact) mass is 228 g/mol.